The number of hydrogen-bond acceptors (Lipinski definition) is 2. The Kier molecular flexibility index (Phi) is 3.88. The maximum atomic E-state index is 13.3. The van der Waals surface area contributed by atoms with E-state index in [0.717, 1.165) is 5.56 Å². The molecular weight excluding hydrogens is 211 g/mol. The third kappa shape index (κ3) is 2.72. The smallest absolute Gasteiger partial charge is 0.303 e. The number of carboxylic acids is 1. The van der Waals surface area contributed by atoms with E-state index in [0.29, 0.717) is 12.0 Å². The molecule has 1 unspecified atom stereocenters. The second kappa shape index (κ2) is 4.96. The number of aryl methyl sites for hydroxylation is 1. The van der Waals surface area contributed by atoms with Crippen LogP contribution >= 0.6 is 0 Å². The average Bonchev–Trinajstić information content (AvgIpc) is 2.20. The van der Waals surface area contributed by atoms with Crippen molar-refractivity contribution in [2.75, 3.05) is 0 Å². The van der Waals surface area contributed by atoms with E-state index in [1.807, 2.05) is 6.92 Å². The quantitative estimate of drug-likeness (QED) is 0.829. The van der Waals surface area contributed by atoms with Gasteiger partial charge in [0.05, 0.1) is 6.42 Å². The molecule has 0 radical (unpaired) electrons. The van der Waals surface area contributed by atoms with Crippen molar-refractivity contribution in [3.05, 3.63) is 29.1 Å². The van der Waals surface area contributed by atoms with Gasteiger partial charge >= 0.3 is 5.97 Å². The highest BCUT2D eigenvalue weighted by atomic mass is 19.1. The molecule has 1 rings (SSSR count). The molecule has 0 spiro atoms. The number of halogens is 1. The van der Waals surface area contributed by atoms with Crippen LogP contribution in [0.15, 0.2) is 12.1 Å². The van der Waals surface area contributed by atoms with E-state index < -0.39 is 23.5 Å². The number of aromatic hydroxyl groups is 1. The van der Waals surface area contributed by atoms with Gasteiger partial charge in [0.2, 0.25) is 0 Å². The number of aliphatic carboxylic acids is 1. The third-order valence-electron chi connectivity index (χ3n) is 2.57. The topological polar surface area (TPSA) is 57.5 Å². The van der Waals surface area contributed by atoms with Crippen molar-refractivity contribution in [3.8, 4) is 5.75 Å². The van der Waals surface area contributed by atoms with E-state index >= 15 is 0 Å². The largest absolute Gasteiger partial charge is 0.505 e. The van der Waals surface area contributed by atoms with Crippen LogP contribution in [0, 0.1) is 5.82 Å². The van der Waals surface area contributed by atoms with Crippen molar-refractivity contribution >= 4 is 5.97 Å². The van der Waals surface area contributed by atoms with E-state index in [4.69, 9.17) is 5.11 Å². The highest BCUT2D eigenvalue weighted by Crippen LogP contribution is 2.31. The molecule has 0 aliphatic carbocycles. The maximum absolute atomic E-state index is 13.3. The van der Waals surface area contributed by atoms with Gasteiger partial charge in [-0.1, -0.05) is 19.9 Å². The lowest BCUT2D eigenvalue weighted by Crippen LogP contribution is -2.04. The van der Waals surface area contributed by atoms with Crippen LogP contribution in [0.1, 0.15) is 37.3 Å². The molecule has 0 heterocycles. The molecule has 0 aliphatic heterocycles. The summed E-state index contributed by atoms with van der Waals surface area (Å²) >= 11 is 0. The Hall–Kier alpha value is -1.58. The molecule has 1 atom stereocenters. The summed E-state index contributed by atoms with van der Waals surface area (Å²) in [7, 11) is 0. The molecule has 1 aromatic carbocycles. The van der Waals surface area contributed by atoms with Gasteiger partial charge < -0.3 is 10.2 Å². The Morgan fingerprint density at radius 3 is 2.62 bits per heavy atom. The van der Waals surface area contributed by atoms with Crippen LogP contribution in [0.5, 0.6) is 5.75 Å². The SMILES string of the molecule is CCc1cc(F)c(O)c(C(C)CC(=O)O)c1. The lowest BCUT2D eigenvalue weighted by atomic mass is 9.94. The summed E-state index contributed by atoms with van der Waals surface area (Å²) < 4.78 is 13.3. The summed E-state index contributed by atoms with van der Waals surface area (Å²) in [6, 6.07) is 2.93. The van der Waals surface area contributed by atoms with Gasteiger partial charge in [-0.2, -0.15) is 0 Å². The highest BCUT2D eigenvalue weighted by molar-refractivity contribution is 5.68. The van der Waals surface area contributed by atoms with E-state index in [9.17, 15) is 14.3 Å². The van der Waals surface area contributed by atoms with Crippen molar-refractivity contribution in [3.63, 3.8) is 0 Å². The molecule has 4 heteroatoms. The Labute approximate surface area is 93.5 Å². The Morgan fingerprint density at radius 1 is 1.50 bits per heavy atom. The lowest BCUT2D eigenvalue weighted by molar-refractivity contribution is -0.137. The molecule has 0 aliphatic rings. The summed E-state index contributed by atoms with van der Waals surface area (Å²) in [5, 5.41) is 18.2. The summed E-state index contributed by atoms with van der Waals surface area (Å²) in [6.45, 7) is 3.53. The Balaban J connectivity index is 3.10. The summed E-state index contributed by atoms with van der Waals surface area (Å²) in [5.74, 6) is -2.50. The van der Waals surface area contributed by atoms with E-state index in [1.165, 1.54) is 6.07 Å². The van der Waals surface area contributed by atoms with Crippen LogP contribution in [0.2, 0.25) is 0 Å². The molecule has 0 amide bonds. The van der Waals surface area contributed by atoms with Gasteiger partial charge in [-0.15, -0.1) is 0 Å². The number of carboxylic acid groups (broad SMARTS) is 1. The number of phenolic OH excluding ortho intramolecular Hbond substituents is 1. The van der Waals surface area contributed by atoms with Crippen molar-refractivity contribution < 1.29 is 19.4 Å². The normalized spacial score (nSPS) is 12.4. The number of phenols is 1. The first-order valence-electron chi connectivity index (χ1n) is 5.18. The van der Waals surface area contributed by atoms with Gasteiger partial charge in [-0.05, 0) is 24.0 Å². The third-order valence-corrected chi connectivity index (χ3v) is 2.57. The fourth-order valence-electron chi connectivity index (χ4n) is 1.63. The zero-order valence-electron chi connectivity index (χ0n) is 9.33. The second-order valence-electron chi connectivity index (χ2n) is 3.87. The van der Waals surface area contributed by atoms with E-state index in [1.54, 1.807) is 13.0 Å². The van der Waals surface area contributed by atoms with Crippen LogP contribution in [-0.4, -0.2) is 16.2 Å². The number of carbonyl (C=O) groups is 1. The fourth-order valence-corrected chi connectivity index (χ4v) is 1.63. The first-order valence-corrected chi connectivity index (χ1v) is 5.18. The number of hydrogen-bond donors (Lipinski definition) is 2. The minimum Gasteiger partial charge on any atom is -0.505 e. The predicted molar refractivity (Wildman–Crippen MR) is 58.1 cm³/mol. The van der Waals surface area contributed by atoms with Crippen LogP contribution in [-0.2, 0) is 11.2 Å². The molecule has 88 valence electrons. The molecule has 16 heavy (non-hydrogen) atoms. The monoisotopic (exact) mass is 226 g/mol. The van der Waals surface area contributed by atoms with Gasteiger partial charge in [0.15, 0.2) is 11.6 Å². The van der Waals surface area contributed by atoms with Crippen molar-refractivity contribution in [2.24, 2.45) is 0 Å². The van der Waals surface area contributed by atoms with Crippen molar-refractivity contribution in [1.29, 1.82) is 0 Å². The van der Waals surface area contributed by atoms with Crippen LogP contribution in [0.25, 0.3) is 0 Å². The minimum atomic E-state index is -0.964. The standard InChI is InChI=1S/C12H15FO3/c1-3-8-5-9(7(2)4-11(14)15)12(16)10(13)6-8/h5-7,16H,3-4H2,1-2H3,(H,14,15). The summed E-state index contributed by atoms with van der Waals surface area (Å²) in [5.41, 5.74) is 1.11. The zero-order valence-corrected chi connectivity index (χ0v) is 9.33. The average molecular weight is 226 g/mol. The van der Waals surface area contributed by atoms with Crippen molar-refractivity contribution in [1.82, 2.24) is 0 Å². The molecule has 0 saturated carbocycles. The Morgan fingerprint density at radius 2 is 2.12 bits per heavy atom. The van der Waals surface area contributed by atoms with Crippen LogP contribution in [0.3, 0.4) is 0 Å². The molecule has 1 aromatic rings. The minimum absolute atomic E-state index is 0.125. The maximum Gasteiger partial charge on any atom is 0.303 e. The van der Waals surface area contributed by atoms with Gasteiger partial charge in [-0.25, -0.2) is 4.39 Å². The fraction of sp³-hybridized carbons (Fsp3) is 0.417. The number of rotatable bonds is 4. The highest BCUT2D eigenvalue weighted by Gasteiger charge is 2.17. The molecule has 2 N–H and O–H groups in total. The van der Waals surface area contributed by atoms with Gasteiger partial charge in [0.25, 0.3) is 0 Å². The molecule has 3 nitrogen and oxygen atoms in total. The number of benzene rings is 1. The van der Waals surface area contributed by atoms with Gasteiger partial charge in [0.1, 0.15) is 0 Å². The summed E-state index contributed by atoms with van der Waals surface area (Å²) in [4.78, 5) is 10.6. The molecule has 0 aromatic heterocycles. The zero-order chi connectivity index (χ0) is 12.3. The molecule has 0 saturated heterocycles. The molecule has 0 bridgehead atoms. The van der Waals surface area contributed by atoms with E-state index in [2.05, 4.69) is 0 Å². The van der Waals surface area contributed by atoms with Gasteiger partial charge in [-0.3, -0.25) is 4.79 Å². The van der Waals surface area contributed by atoms with Crippen LogP contribution in [0.4, 0.5) is 4.39 Å². The molecular formula is C12H15FO3. The van der Waals surface area contributed by atoms with Gasteiger partial charge in [0, 0.05) is 5.56 Å². The van der Waals surface area contributed by atoms with E-state index in [-0.39, 0.29) is 6.42 Å². The van der Waals surface area contributed by atoms with Crippen molar-refractivity contribution in [2.45, 2.75) is 32.6 Å². The first kappa shape index (κ1) is 12.5. The molecule has 0 fully saturated rings. The summed E-state index contributed by atoms with van der Waals surface area (Å²) in [6.07, 6.45) is 0.518. The predicted octanol–water partition coefficient (Wildman–Crippen LogP) is 2.67. The van der Waals surface area contributed by atoms with Crippen LogP contribution < -0.4 is 0 Å². The Bertz CT molecular complexity index is 401. The lowest BCUT2D eigenvalue weighted by Gasteiger charge is -2.13. The first-order chi connectivity index (χ1) is 7.45. The second-order valence-corrected chi connectivity index (χ2v) is 3.87.